The number of nitrogens with one attached hydrogen (secondary N) is 1. The van der Waals surface area contributed by atoms with Gasteiger partial charge in [-0.2, -0.15) is 24.1 Å². The third-order valence-electron chi connectivity index (χ3n) is 3.69. The van der Waals surface area contributed by atoms with Crippen molar-refractivity contribution in [3.63, 3.8) is 0 Å². The lowest BCUT2D eigenvalue weighted by Crippen LogP contribution is -2.44. The molecule has 21 heavy (non-hydrogen) atoms. The summed E-state index contributed by atoms with van der Waals surface area (Å²) < 4.78 is 28.7. The molecule has 5 nitrogen and oxygen atoms in total. The van der Waals surface area contributed by atoms with Crippen molar-refractivity contribution in [1.29, 1.82) is 0 Å². The van der Waals surface area contributed by atoms with Crippen LogP contribution in [0.25, 0.3) is 0 Å². The Morgan fingerprint density at radius 2 is 1.76 bits per heavy atom. The molecule has 7 heteroatoms. The zero-order chi connectivity index (χ0) is 15.9. The quantitative estimate of drug-likeness (QED) is 0.715. The molecule has 1 unspecified atom stereocenters. The third kappa shape index (κ3) is 5.03. The van der Waals surface area contributed by atoms with Crippen LogP contribution in [0.2, 0.25) is 0 Å². The first kappa shape index (κ1) is 18.6. The number of rotatable bonds is 10. The molecule has 0 fully saturated rings. The first-order valence-corrected chi connectivity index (χ1v) is 9.89. The molecule has 1 N–H and O–H groups in total. The molecule has 0 saturated carbocycles. The van der Waals surface area contributed by atoms with E-state index in [-0.39, 0.29) is 6.04 Å². The largest absolute Gasteiger partial charge is 0.296 e. The molecule has 0 aliphatic heterocycles. The first-order valence-electron chi connectivity index (χ1n) is 7.50. The Bertz CT molecular complexity index is 480. The summed E-state index contributed by atoms with van der Waals surface area (Å²) in [5.41, 5.74) is 1.17. The molecule has 1 atom stereocenters. The van der Waals surface area contributed by atoms with E-state index in [1.54, 1.807) is 11.3 Å². The van der Waals surface area contributed by atoms with Crippen LogP contribution in [-0.2, 0) is 10.2 Å². The van der Waals surface area contributed by atoms with Gasteiger partial charge in [-0.3, -0.25) is 4.90 Å². The Hall–Kier alpha value is -0.470. The van der Waals surface area contributed by atoms with Crippen LogP contribution in [0.15, 0.2) is 16.8 Å². The molecule has 0 aliphatic carbocycles. The van der Waals surface area contributed by atoms with Crippen molar-refractivity contribution in [3.8, 4) is 0 Å². The van der Waals surface area contributed by atoms with E-state index in [0.717, 1.165) is 13.1 Å². The summed E-state index contributed by atoms with van der Waals surface area (Å²) in [6, 6.07) is 2.15. The van der Waals surface area contributed by atoms with Gasteiger partial charge in [0.2, 0.25) is 0 Å². The molecule has 0 aromatic carbocycles. The molecule has 0 aliphatic rings. The van der Waals surface area contributed by atoms with Crippen molar-refractivity contribution in [2.24, 2.45) is 0 Å². The fourth-order valence-corrected chi connectivity index (χ4v) is 4.36. The molecular formula is C14H27N3O2S2. The average molecular weight is 334 g/mol. The summed E-state index contributed by atoms with van der Waals surface area (Å²) in [5, 5.41) is 4.12. The highest BCUT2D eigenvalue weighted by Gasteiger charge is 2.23. The highest BCUT2D eigenvalue weighted by Crippen LogP contribution is 2.22. The summed E-state index contributed by atoms with van der Waals surface area (Å²) in [7, 11) is -3.40. The van der Waals surface area contributed by atoms with Crippen molar-refractivity contribution in [1.82, 2.24) is 13.9 Å². The minimum absolute atomic E-state index is 0.0802. The van der Waals surface area contributed by atoms with E-state index < -0.39 is 10.2 Å². The van der Waals surface area contributed by atoms with Gasteiger partial charge in [-0.25, -0.2) is 4.72 Å². The summed E-state index contributed by atoms with van der Waals surface area (Å²) in [6.07, 6.45) is 0. The van der Waals surface area contributed by atoms with E-state index in [1.165, 1.54) is 9.87 Å². The molecule has 1 heterocycles. The molecule has 0 spiro atoms. The summed E-state index contributed by atoms with van der Waals surface area (Å²) in [6.45, 7) is 11.1. The van der Waals surface area contributed by atoms with Gasteiger partial charge in [-0.1, -0.05) is 27.7 Å². The summed E-state index contributed by atoms with van der Waals surface area (Å²) in [5.74, 6) is 0. The highest BCUT2D eigenvalue weighted by atomic mass is 32.2. The number of likely N-dealkylation sites (N-methyl/N-ethyl adjacent to an activating group) is 1. The Morgan fingerprint density at radius 3 is 2.19 bits per heavy atom. The summed E-state index contributed by atoms with van der Waals surface area (Å²) in [4.78, 5) is 2.27. The lowest BCUT2D eigenvalue weighted by molar-refractivity contribution is 0.219. The first-order chi connectivity index (χ1) is 10.00. The lowest BCUT2D eigenvalue weighted by Gasteiger charge is -2.30. The van der Waals surface area contributed by atoms with E-state index >= 15 is 0 Å². The fraction of sp³-hybridized carbons (Fsp3) is 0.714. The zero-order valence-corrected chi connectivity index (χ0v) is 15.0. The molecule has 0 amide bonds. The van der Waals surface area contributed by atoms with Crippen molar-refractivity contribution >= 4 is 21.5 Å². The average Bonchev–Trinajstić information content (AvgIpc) is 2.98. The molecule has 0 radical (unpaired) electrons. The van der Waals surface area contributed by atoms with Crippen molar-refractivity contribution < 1.29 is 8.42 Å². The maximum Gasteiger partial charge on any atom is 0.279 e. The topological polar surface area (TPSA) is 52.7 Å². The van der Waals surface area contributed by atoms with Gasteiger partial charge in [0.25, 0.3) is 10.2 Å². The van der Waals surface area contributed by atoms with Crippen LogP contribution in [0.5, 0.6) is 0 Å². The molecule has 0 saturated heterocycles. The van der Waals surface area contributed by atoms with E-state index in [1.807, 2.05) is 19.2 Å². The van der Waals surface area contributed by atoms with Crippen LogP contribution in [0.3, 0.4) is 0 Å². The third-order valence-corrected chi connectivity index (χ3v) is 6.11. The monoisotopic (exact) mass is 333 g/mol. The number of hydrogen-bond donors (Lipinski definition) is 1. The van der Waals surface area contributed by atoms with Gasteiger partial charge in [0.15, 0.2) is 0 Å². The van der Waals surface area contributed by atoms with E-state index in [0.29, 0.717) is 19.6 Å². The van der Waals surface area contributed by atoms with Crippen LogP contribution < -0.4 is 4.72 Å². The van der Waals surface area contributed by atoms with Gasteiger partial charge >= 0.3 is 0 Å². The van der Waals surface area contributed by atoms with Gasteiger partial charge in [-0.15, -0.1) is 0 Å². The van der Waals surface area contributed by atoms with Crippen LogP contribution in [0.1, 0.15) is 39.3 Å². The molecule has 1 aromatic rings. The Balaban J connectivity index is 2.83. The maximum absolute atomic E-state index is 12.3. The molecular weight excluding hydrogens is 306 g/mol. The second-order valence-corrected chi connectivity index (χ2v) is 7.27. The maximum atomic E-state index is 12.3. The highest BCUT2D eigenvalue weighted by molar-refractivity contribution is 7.87. The molecule has 122 valence electrons. The SMILES string of the molecule is CCN(CC)C(CNS(=O)(=O)N(CC)CC)c1ccsc1. The zero-order valence-electron chi connectivity index (χ0n) is 13.4. The van der Waals surface area contributed by atoms with Gasteiger partial charge in [-0.05, 0) is 35.5 Å². The molecule has 1 aromatic heterocycles. The second-order valence-electron chi connectivity index (χ2n) is 4.73. The van der Waals surface area contributed by atoms with Gasteiger partial charge in [0, 0.05) is 25.7 Å². The van der Waals surface area contributed by atoms with E-state index in [4.69, 9.17) is 0 Å². The Morgan fingerprint density at radius 1 is 1.14 bits per heavy atom. The van der Waals surface area contributed by atoms with E-state index in [9.17, 15) is 8.42 Å². The predicted molar refractivity (Wildman–Crippen MR) is 89.8 cm³/mol. The molecule has 1 rings (SSSR count). The van der Waals surface area contributed by atoms with Crippen LogP contribution in [-0.4, -0.2) is 50.3 Å². The standard InChI is InChI=1S/C14H27N3O2S2/c1-5-16(6-2)14(13-9-10-20-12-13)11-15-21(18,19)17(7-3)8-4/h9-10,12,14-15H,5-8,11H2,1-4H3. The minimum Gasteiger partial charge on any atom is -0.296 e. The van der Waals surface area contributed by atoms with Crippen molar-refractivity contribution in [2.45, 2.75) is 33.7 Å². The minimum atomic E-state index is -3.40. The fourth-order valence-electron chi connectivity index (χ4n) is 2.43. The van der Waals surface area contributed by atoms with Gasteiger partial charge in [0.1, 0.15) is 0 Å². The van der Waals surface area contributed by atoms with Crippen LogP contribution >= 0.6 is 11.3 Å². The van der Waals surface area contributed by atoms with Gasteiger partial charge in [0.05, 0.1) is 0 Å². The predicted octanol–water partition coefficient (Wildman–Crippen LogP) is 2.31. The van der Waals surface area contributed by atoms with Crippen molar-refractivity contribution in [3.05, 3.63) is 22.4 Å². The number of thiophene rings is 1. The van der Waals surface area contributed by atoms with Crippen molar-refractivity contribution in [2.75, 3.05) is 32.7 Å². The van der Waals surface area contributed by atoms with Gasteiger partial charge < -0.3 is 0 Å². The number of hydrogen-bond acceptors (Lipinski definition) is 4. The number of nitrogens with zero attached hydrogens (tertiary/aromatic N) is 2. The lowest BCUT2D eigenvalue weighted by atomic mass is 10.1. The smallest absolute Gasteiger partial charge is 0.279 e. The second kappa shape index (κ2) is 8.85. The Labute approximate surface area is 133 Å². The van der Waals surface area contributed by atoms with Crippen LogP contribution in [0.4, 0.5) is 0 Å². The normalized spacial score (nSPS) is 14.0. The van der Waals surface area contributed by atoms with E-state index in [2.05, 4.69) is 34.9 Å². The van der Waals surface area contributed by atoms with Crippen LogP contribution in [0, 0.1) is 0 Å². The molecule has 0 bridgehead atoms. The summed E-state index contributed by atoms with van der Waals surface area (Å²) >= 11 is 1.64. The Kier molecular flexibility index (Phi) is 7.83.